The van der Waals surface area contributed by atoms with Crippen molar-refractivity contribution in [3.63, 3.8) is 0 Å². The van der Waals surface area contributed by atoms with Crippen LogP contribution in [0.4, 0.5) is 0 Å². The van der Waals surface area contributed by atoms with Crippen LogP contribution < -0.4 is 5.73 Å². The molecule has 0 fully saturated rings. The quantitative estimate of drug-likeness (QED) is 0.827. The lowest BCUT2D eigenvalue weighted by molar-refractivity contribution is 0.434. The highest BCUT2D eigenvalue weighted by Gasteiger charge is 2.25. The van der Waals surface area contributed by atoms with Crippen molar-refractivity contribution in [3.8, 4) is 0 Å². The second-order valence-electron chi connectivity index (χ2n) is 4.17. The van der Waals surface area contributed by atoms with Crippen LogP contribution in [0, 0.1) is 0 Å². The minimum absolute atomic E-state index is 0.0528. The number of halogens is 2. The van der Waals surface area contributed by atoms with Crippen LogP contribution in [0.5, 0.6) is 0 Å². The highest BCUT2D eigenvalue weighted by molar-refractivity contribution is 6.34. The van der Waals surface area contributed by atoms with Crippen molar-refractivity contribution in [2.45, 2.75) is 32.2 Å². The summed E-state index contributed by atoms with van der Waals surface area (Å²) in [5, 5.41) is 1.31. The highest BCUT2D eigenvalue weighted by Crippen LogP contribution is 2.30. The van der Waals surface area contributed by atoms with E-state index >= 15 is 0 Å². The molecule has 0 aliphatic rings. The maximum Gasteiger partial charge on any atom is 0.0423 e. The Hall–Kier alpha value is -0.240. The van der Waals surface area contributed by atoms with Crippen molar-refractivity contribution in [3.05, 3.63) is 33.8 Å². The molecular formula is C11H15Cl2N. The van der Waals surface area contributed by atoms with Crippen LogP contribution in [0.1, 0.15) is 26.3 Å². The minimum atomic E-state index is -0.117. The Labute approximate surface area is 95.2 Å². The first-order valence-electron chi connectivity index (χ1n) is 4.56. The first-order chi connectivity index (χ1) is 6.34. The first-order valence-corrected chi connectivity index (χ1v) is 5.32. The van der Waals surface area contributed by atoms with Gasteiger partial charge in [-0.3, -0.25) is 0 Å². The van der Waals surface area contributed by atoms with Crippen molar-refractivity contribution in [2.75, 3.05) is 0 Å². The number of hydrogen-bond acceptors (Lipinski definition) is 1. The molecule has 0 spiro atoms. The first kappa shape index (κ1) is 11.8. The Morgan fingerprint density at radius 2 is 1.57 bits per heavy atom. The van der Waals surface area contributed by atoms with Crippen molar-refractivity contribution < 1.29 is 0 Å². The summed E-state index contributed by atoms with van der Waals surface area (Å²) in [6.07, 6.45) is 0. The van der Waals surface area contributed by atoms with Crippen molar-refractivity contribution in [2.24, 2.45) is 5.73 Å². The molecule has 3 heteroatoms. The van der Waals surface area contributed by atoms with Gasteiger partial charge < -0.3 is 5.73 Å². The van der Waals surface area contributed by atoms with Crippen LogP contribution in [0.2, 0.25) is 10.0 Å². The van der Waals surface area contributed by atoms with Crippen molar-refractivity contribution >= 4 is 23.2 Å². The van der Waals surface area contributed by atoms with Gasteiger partial charge in [0.25, 0.3) is 0 Å². The van der Waals surface area contributed by atoms with Gasteiger partial charge in [0, 0.05) is 21.5 Å². The molecule has 0 aliphatic heterocycles. The van der Waals surface area contributed by atoms with Gasteiger partial charge in [0.05, 0.1) is 0 Å². The normalized spacial score (nSPS) is 14.1. The van der Waals surface area contributed by atoms with E-state index in [0.29, 0.717) is 10.0 Å². The van der Waals surface area contributed by atoms with Gasteiger partial charge in [0.1, 0.15) is 0 Å². The molecule has 1 aromatic rings. The third kappa shape index (κ3) is 2.41. The lowest BCUT2D eigenvalue weighted by Gasteiger charge is -2.29. The van der Waals surface area contributed by atoms with Crippen LogP contribution in [0.15, 0.2) is 18.2 Å². The fourth-order valence-corrected chi connectivity index (χ4v) is 1.71. The smallest absolute Gasteiger partial charge is 0.0423 e. The van der Waals surface area contributed by atoms with E-state index in [4.69, 9.17) is 28.9 Å². The lowest BCUT2D eigenvalue weighted by atomic mass is 9.79. The molecule has 0 radical (unpaired) electrons. The monoisotopic (exact) mass is 231 g/mol. The fraction of sp³-hybridized carbons (Fsp3) is 0.455. The average Bonchev–Trinajstić information content (AvgIpc) is 2.01. The fourth-order valence-electron chi connectivity index (χ4n) is 1.19. The number of nitrogens with two attached hydrogens (primary N) is 1. The van der Waals surface area contributed by atoms with E-state index in [0.717, 1.165) is 5.56 Å². The molecule has 1 nitrogen and oxygen atoms in total. The van der Waals surface area contributed by atoms with E-state index in [-0.39, 0.29) is 11.5 Å². The second-order valence-corrected chi connectivity index (χ2v) is 5.04. The summed E-state index contributed by atoms with van der Waals surface area (Å²) in [6, 6.07) is 5.61. The molecule has 2 N–H and O–H groups in total. The topological polar surface area (TPSA) is 26.0 Å². The Bertz CT molecular complexity index is 312. The molecule has 1 unspecified atom stereocenters. The average molecular weight is 232 g/mol. The second kappa shape index (κ2) is 4.09. The number of benzene rings is 1. The zero-order chi connectivity index (χ0) is 10.9. The molecule has 0 saturated heterocycles. The highest BCUT2D eigenvalue weighted by atomic mass is 35.5. The van der Waals surface area contributed by atoms with Crippen LogP contribution in [0.25, 0.3) is 0 Å². The summed E-state index contributed by atoms with van der Waals surface area (Å²) in [4.78, 5) is 0. The third-order valence-electron chi connectivity index (χ3n) is 2.74. The van der Waals surface area contributed by atoms with Gasteiger partial charge in [-0.25, -0.2) is 0 Å². The van der Waals surface area contributed by atoms with E-state index in [9.17, 15) is 0 Å². The maximum absolute atomic E-state index is 5.94. The Morgan fingerprint density at radius 3 is 1.93 bits per heavy atom. The zero-order valence-corrected chi connectivity index (χ0v) is 10.2. The van der Waals surface area contributed by atoms with E-state index in [1.807, 2.05) is 19.1 Å². The molecule has 1 rings (SSSR count). The molecule has 0 aromatic heterocycles. The summed E-state index contributed by atoms with van der Waals surface area (Å²) in [6.45, 7) is 6.15. The Kier molecular flexibility index (Phi) is 3.46. The molecule has 0 heterocycles. The molecule has 1 aromatic carbocycles. The van der Waals surface area contributed by atoms with Gasteiger partial charge in [0.15, 0.2) is 0 Å². The molecular weight excluding hydrogens is 217 g/mol. The summed E-state index contributed by atoms with van der Waals surface area (Å²) in [5.74, 6) is 0. The largest absolute Gasteiger partial charge is 0.327 e. The van der Waals surface area contributed by atoms with Gasteiger partial charge in [-0.1, -0.05) is 37.0 Å². The maximum atomic E-state index is 5.94. The molecule has 0 aliphatic carbocycles. The molecule has 1 atom stereocenters. The van der Waals surface area contributed by atoms with Gasteiger partial charge in [-0.2, -0.15) is 0 Å². The van der Waals surface area contributed by atoms with Gasteiger partial charge >= 0.3 is 0 Å². The van der Waals surface area contributed by atoms with E-state index in [2.05, 4.69) is 13.8 Å². The predicted octanol–water partition coefficient (Wildman–Crippen LogP) is 3.62. The number of hydrogen-bond donors (Lipinski definition) is 1. The molecule has 14 heavy (non-hydrogen) atoms. The van der Waals surface area contributed by atoms with Crippen LogP contribution in [-0.4, -0.2) is 6.04 Å². The number of rotatable bonds is 2. The summed E-state index contributed by atoms with van der Waals surface area (Å²) >= 11 is 11.9. The zero-order valence-electron chi connectivity index (χ0n) is 8.64. The molecule has 0 saturated carbocycles. The standard InChI is InChI=1S/C11H15Cl2N/c1-7(14)11(2,3)8-4-9(12)6-10(13)5-8/h4-7H,14H2,1-3H3. The lowest BCUT2D eigenvalue weighted by Crippen LogP contribution is -2.38. The summed E-state index contributed by atoms with van der Waals surface area (Å²) < 4.78 is 0. The molecule has 0 bridgehead atoms. The van der Waals surface area contributed by atoms with E-state index in [1.165, 1.54) is 0 Å². The molecule has 78 valence electrons. The van der Waals surface area contributed by atoms with Gasteiger partial charge in [-0.15, -0.1) is 0 Å². The summed E-state index contributed by atoms with van der Waals surface area (Å²) in [5.41, 5.74) is 6.87. The Morgan fingerprint density at radius 1 is 1.14 bits per heavy atom. The van der Waals surface area contributed by atoms with Gasteiger partial charge in [-0.05, 0) is 30.7 Å². The van der Waals surface area contributed by atoms with Crippen LogP contribution in [-0.2, 0) is 5.41 Å². The van der Waals surface area contributed by atoms with Crippen LogP contribution >= 0.6 is 23.2 Å². The van der Waals surface area contributed by atoms with E-state index in [1.54, 1.807) is 6.07 Å². The van der Waals surface area contributed by atoms with Gasteiger partial charge in [0.2, 0.25) is 0 Å². The minimum Gasteiger partial charge on any atom is -0.327 e. The van der Waals surface area contributed by atoms with Crippen molar-refractivity contribution in [1.82, 2.24) is 0 Å². The summed E-state index contributed by atoms with van der Waals surface area (Å²) in [7, 11) is 0. The molecule has 0 amide bonds. The van der Waals surface area contributed by atoms with Crippen molar-refractivity contribution in [1.29, 1.82) is 0 Å². The SMILES string of the molecule is CC(N)C(C)(C)c1cc(Cl)cc(Cl)c1. The van der Waals surface area contributed by atoms with Crippen LogP contribution in [0.3, 0.4) is 0 Å². The third-order valence-corrected chi connectivity index (χ3v) is 3.18. The predicted molar refractivity (Wildman–Crippen MR) is 63.1 cm³/mol. The Balaban J connectivity index is 3.18. The van der Waals surface area contributed by atoms with E-state index < -0.39 is 0 Å².